The molecule has 0 heterocycles. The molecule has 1 atom stereocenters. The van der Waals surface area contributed by atoms with E-state index in [1.54, 1.807) is 0 Å². The molecule has 2 nitrogen and oxygen atoms in total. The molecule has 0 aliphatic heterocycles. The van der Waals surface area contributed by atoms with E-state index in [1.807, 2.05) is 0 Å². The lowest BCUT2D eigenvalue weighted by Crippen LogP contribution is -2.25. The Morgan fingerprint density at radius 2 is 1.89 bits per heavy atom. The third-order valence-corrected chi connectivity index (χ3v) is 4.31. The summed E-state index contributed by atoms with van der Waals surface area (Å²) < 4.78 is 5.08. The second kappa shape index (κ2) is 10.4. The van der Waals surface area contributed by atoms with E-state index in [1.165, 1.54) is 38.4 Å². The average Bonchev–Trinajstić information content (AvgIpc) is 2.41. The van der Waals surface area contributed by atoms with Gasteiger partial charge < -0.3 is 10.1 Å². The van der Waals surface area contributed by atoms with Crippen LogP contribution in [0.4, 0.5) is 0 Å². The fraction of sp³-hybridized carbons (Fsp3) is 0.875. The summed E-state index contributed by atoms with van der Waals surface area (Å²) in [5.74, 6) is 0.850. The predicted molar refractivity (Wildman–Crippen MR) is 80.7 cm³/mol. The first kappa shape index (κ1) is 17.5. The van der Waals surface area contributed by atoms with Gasteiger partial charge in [0, 0.05) is 6.54 Å². The van der Waals surface area contributed by atoms with Crippen LogP contribution in [-0.4, -0.2) is 19.7 Å². The fourth-order valence-electron chi connectivity index (χ4n) is 2.33. The SMILES string of the molecule is C=COCCNCCC(CC)CC(C)(CC)CC. The van der Waals surface area contributed by atoms with Crippen molar-refractivity contribution >= 4 is 0 Å². The van der Waals surface area contributed by atoms with E-state index in [0.29, 0.717) is 5.41 Å². The van der Waals surface area contributed by atoms with Crippen molar-refractivity contribution < 1.29 is 4.74 Å². The molecular formula is C16H33NO. The summed E-state index contributed by atoms with van der Waals surface area (Å²) in [5.41, 5.74) is 0.534. The maximum Gasteiger partial charge on any atom is 0.0997 e. The highest BCUT2D eigenvalue weighted by Crippen LogP contribution is 2.35. The highest BCUT2D eigenvalue weighted by atomic mass is 16.5. The van der Waals surface area contributed by atoms with Gasteiger partial charge in [0.05, 0.1) is 12.9 Å². The van der Waals surface area contributed by atoms with Gasteiger partial charge in [-0.3, -0.25) is 0 Å². The zero-order chi connectivity index (χ0) is 13.9. The Bertz CT molecular complexity index is 199. The molecule has 0 saturated heterocycles. The molecule has 0 aromatic rings. The van der Waals surface area contributed by atoms with Gasteiger partial charge in [-0.1, -0.05) is 53.5 Å². The van der Waals surface area contributed by atoms with Crippen LogP contribution < -0.4 is 5.32 Å². The smallest absolute Gasteiger partial charge is 0.0997 e. The molecule has 0 saturated carbocycles. The Morgan fingerprint density at radius 3 is 2.39 bits per heavy atom. The van der Waals surface area contributed by atoms with Crippen molar-refractivity contribution in [2.24, 2.45) is 11.3 Å². The van der Waals surface area contributed by atoms with Crippen LogP contribution in [0, 0.1) is 11.3 Å². The Labute approximate surface area is 114 Å². The van der Waals surface area contributed by atoms with Crippen LogP contribution in [0.25, 0.3) is 0 Å². The summed E-state index contributed by atoms with van der Waals surface area (Å²) in [5, 5.41) is 3.43. The van der Waals surface area contributed by atoms with E-state index >= 15 is 0 Å². The summed E-state index contributed by atoms with van der Waals surface area (Å²) in [6.45, 7) is 15.7. The third kappa shape index (κ3) is 7.75. The second-order valence-electron chi connectivity index (χ2n) is 5.57. The average molecular weight is 255 g/mol. The highest BCUT2D eigenvalue weighted by Gasteiger charge is 2.23. The Balaban J connectivity index is 3.79. The largest absolute Gasteiger partial charge is 0.500 e. The molecule has 0 radical (unpaired) electrons. The van der Waals surface area contributed by atoms with Crippen LogP contribution in [-0.2, 0) is 4.74 Å². The number of hydrogen-bond donors (Lipinski definition) is 1. The van der Waals surface area contributed by atoms with Crippen LogP contribution >= 0.6 is 0 Å². The van der Waals surface area contributed by atoms with E-state index < -0.39 is 0 Å². The molecule has 0 fully saturated rings. The standard InChI is InChI=1S/C16H33NO/c1-6-15(14-16(5,7-2)8-3)10-11-17-12-13-18-9-4/h9,15,17H,4,6-8,10-14H2,1-3,5H3. The summed E-state index contributed by atoms with van der Waals surface area (Å²) >= 11 is 0. The van der Waals surface area contributed by atoms with Gasteiger partial charge in [0.25, 0.3) is 0 Å². The molecule has 1 unspecified atom stereocenters. The highest BCUT2D eigenvalue weighted by molar-refractivity contribution is 4.75. The fourth-order valence-corrected chi connectivity index (χ4v) is 2.33. The van der Waals surface area contributed by atoms with E-state index in [4.69, 9.17) is 4.74 Å². The second-order valence-corrected chi connectivity index (χ2v) is 5.57. The monoisotopic (exact) mass is 255 g/mol. The quantitative estimate of drug-likeness (QED) is 0.413. The molecule has 108 valence electrons. The van der Waals surface area contributed by atoms with E-state index in [-0.39, 0.29) is 0 Å². The third-order valence-electron chi connectivity index (χ3n) is 4.31. The molecule has 0 amide bonds. The molecule has 0 aliphatic rings. The summed E-state index contributed by atoms with van der Waals surface area (Å²) in [4.78, 5) is 0. The zero-order valence-electron chi connectivity index (χ0n) is 12.9. The van der Waals surface area contributed by atoms with E-state index in [0.717, 1.165) is 25.6 Å². The molecule has 1 N–H and O–H groups in total. The predicted octanol–water partition coefficient (Wildman–Crippen LogP) is 4.37. The van der Waals surface area contributed by atoms with Crippen molar-refractivity contribution in [2.75, 3.05) is 19.7 Å². The van der Waals surface area contributed by atoms with Crippen LogP contribution in [0.5, 0.6) is 0 Å². The number of rotatable bonds is 12. The molecule has 0 rings (SSSR count). The van der Waals surface area contributed by atoms with Crippen molar-refractivity contribution in [3.63, 3.8) is 0 Å². The van der Waals surface area contributed by atoms with Gasteiger partial charge in [0.1, 0.15) is 0 Å². The van der Waals surface area contributed by atoms with Gasteiger partial charge in [0.2, 0.25) is 0 Å². The number of ether oxygens (including phenoxy) is 1. The minimum atomic E-state index is 0.534. The van der Waals surface area contributed by atoms with Crippen molar-refractivity contribution in [2.45, 2.75) is 59.8 Å². The van der Waals surface area contributed by atoms with Gasteiger partial charge in [-0.15, -0.1) is 0 Å². The number of nitrogens with one attached hydrogen (secondary N) is 1. The molecule has 0 aromatic carbocycles. The maximum absolute atomic E-state index is 5.08. The first-order chi connectivity index (χ1) is 8.61. The van der Waals surface area contributed by atoms with Crippen LogP contribution in [0.3, 0.4) is 0 Å². The van der Waals surface area contributed by atoms with Crippen molar-refractivity contribution in [3.8, 4) is 0 Å². The summed E-state index contributed by atoms with van der Waals surface area (Å²) in [7, 11) is 0. The molecule has 2 heteroatoms. The number of hydrogen-bond acceptors (Lipinski definition) is 2. The topological polar surface area (TPSA) is 21.3 Å². The van der Waals surface area contributed by atoms with Crippen molar-refractivity contribution in [1.82, 2.24) is 5.32 Å². The van der Waals surface area contributed by atoms with Crippen LogP contribution in [0.15, 0.2) is 12.8 Å². The van der Waals surface area contributed by atoms with E-state index in [9.17, 15) is 0 Å². The molecule has 0 aromatic heterocycles. The maximum atomic E-state index is 5.08. The summed E-state index contributed by atoms with van der Waals surface area (Å²) in [6, 6.07) is 0. The van der Waals surface area contributed by atoms with Gasteiger partial charge >= 0.3 is 0 Å². The summed E-state index contributed by atoms with van der Waals surface area (Å²) in [6.07, 6.45) is 8.02. The lowest BCUT2D eigenvalue weighted by Gasteiger charge is -2.31. The Hall–Kier alpha value is -0.500. The molecule has 0 aliphatic carbocycles. The first-order valence-electron chi connectivity index (χ1n) is 7.55. The minimum absolute atomic E-state index is 0.534. The minimum Gasteiger partial charge on any atom is -0.500 e. The molecule has 0 bridgehead atoms. The van der Waals surface area contributed by atoms with Gasteiger partial charge in [-0.05, 0) is 30.7 Å². The van der Waals surface area contributed by atoms with Crippen molar-refractivity contribution in [1.29, 1.82) is 0 Å². The molecular weight excluding hydrogens is 222 g/mol. The lowest BCUT2D eigenvalue weighted by atomic mass is 9.75. The van der Waals surface area contributed by atoms with Crippen LogP contribution in [0.2, 0.25) is 0 Å². The normalized spacial score (nSPS) is 13.3. The lowest BCUT2D eigenvalue weighted by molar-refractivity contribution is 0.207. The Morgan fingerprint density at radius 1 is 1.22 bits per heavy atom. The first-order valence-corrected chi connectivity index (χ1v) is 7.55. The molecule has 18 heavy (non-hydrogen) atoms. The zero-order valence-corrected chi connectivity index (χ0v) is 12.9. The molecule has 0 spiro atoms. The van der Waals surface area contributed by atoms with Gasteiger partial charge in [0.15, 0.2) is 0 Å². The van der Waals surface area contributed by atoms with Gasteiger partial charge in [-0.2, -0.15) is 0 Å². The van der Waals surface area contributed by atoms with Gasteiger partial charge in [-0.25, -0.2) is 0 Å². The Kier molecular flexibility index (Phi) is 10.1. The van der Waals surface area contributed by atoms with E-state index in [2.05, 4.69) is 39.6 Å². The van der Waals surface area contributed by atoms with Crippen LogP contribution in [0.1, 0.15) is 59.8 Å². The van der Waals surface area contributed by atoms with Crippen molar-refractivity contribution in [3.05, 3.63) is 12.8 Å².